The second-order valence-corrected chi connectivity index (χ2v) is 6.53. The minimum Gasteiger partial charge on any atom is -0.480 e. The molecule has 1 saturated heterocycles. The molecule has 0 spiro atoms. The largest absolute Gasteiger partial charge is 0.480 e. The van der Waals surface area contributed by atoms with Crippen LogP contribution in [0.15, 0.2) is 12.2 Å². The van der Waals surface area contributed by atoms with E-state index >= 15 is 0 Å². The molecule has 2 bridgehead atoms. The lowest BCUT2D eigenvalue weighted by Crippen LogP contribution is -2.47. The van der Waals surface area contributed by atoms with Crippen LogP contribution in [-0.2, 0) is 14.4 Å². The van der Waals surface area contributed by atoms with Crippen molar-refractivity contribution < 1.29 is 19.5 Å². The van der Waals surface area contributed by atoms with Crippen molar-refractivity contribution >= 4 is 17.8 Å². The fourth-order valence-corrected chi connectivity index (χ4v) is 4.00. The Kier molecular flexibility index (Phi) is 2.96. The number of carboxylic acid groups (broad SMARTS) is 1. The Bertz CT molecular complexity index is 480. The van der Waals surface area contributed by atoms with Crippen molar-refractivity contribution in [3.63, 3.8) is 0 Å². The molecular weight excluding hydrogens is 258 g/mol. The van der Waals surface area contributed by atoms with Gasteiger partial charge in [0.2, 0.25) is 11.8 Å². The number of allylic oxidation sites excluding steroid dienone is 2. The Morgan fingerprint density at radius 2 is 1.75 bits per heavy atom. The number of amides is 2. The van der Waals surface area contributed by atoms with E-state index in [-0.39, 0.29) is 41.4 Å². The maximum Gasteiger partial charge on any atom is 0.326 e. The molecular formula is C15H19NO4. The first-order valence-electron chi connectivity index (χ1n) is 7.20. The fraction of sp³-hybridized carbons (Fsp3) is 0.667. The van der Waals surface area contributed by atoms with Crippen molar-refractivity contribution in [2.24, 2.45) is 29.6 Å². The number of hydrogen-bond acceptors (Lipinski definition) is 3. The number of rotatable bonds is 4. The van der Waals surface area contributed by atoms with Gasteiger partial charge >= 0.3 is 5.97 Å². The van der Waals surface area contributed by atoms with Gasteiger partial charge in [0, 0.05) is 0 Å². The second-order valence-electron chi connectivity index (χ2n) is 6.53. The molecule has 2 aliphatic carbocycles. The summed E-state index contributed by atoms with van der Waals surface area (Å²) in [7, 11) is 0. The summed E-state index contributed by atoms with van der Waals surface area (Å²) < 4.78 is 0. The number of aliphatic carboxylic acids is 1. The minimum absolute atomic E-state index is 0.118. The third-order valence-corrected chi connectivity index (χ3v) is 4.80. The van der Waals surface area contributed by atoms with E-state index in [9.17, 15) is 19.5 Å². The summed E-state index contributed by atoms with van der Waals surface area (Å²) in [6.45, 7) is 3.79. The van der Waals surface area contributed by atoms with Gasteiger partial charge in [0.1, 0.15) is 6.04 Å². The number of carbonyl (C=O) groups is 3. The number of imide groups is 1. The van der Waals surface area contributed by atoms with E-state index < -0.39 is 12.0 Å². The quantitative estimate of drug-likeness (QED) is 0.620. The first kappa shape index (κ1) is 13.3. The van der Waals surface area contributed by atoms with Gasteiger partial charge in [-0.25, -0.2) is 4.79 Å². The summed E-state index contributed by atoms with van der Waals surface area (Å²) in [6, 6.07) is -1.01. The molecule has 0 aromatic rings. The molecule has 1 aliphatic heterocycles. The van der Waals surface area contributed by atoms with Crippen molar-refractivity contribution in [2.45, 2.75) is 32.7 Å². The van der Waals surface area contributed by atoms with Gasteiger partial charge in [-0.15, -0.1) is 0 Å². The molecule has 0 radical (unpaired) electrons. The van der Waals surface area contributed by atoms with Gasteiger partial charge in [0.05, 0.1) is 11.8 Å². The van der Waals surface area contributed by atoms with Crippen molar-refractivity contribution in [2.75, 3.05) is 0 Å². The third-order valence-electron chi connectivity index (χ3n) is 4.80. The number of likely N-dealkylation sites (tertiary alicyclic amines) is 1. The van der Waals surface area contributed by atoms with Crippen molar-refractivity contribution in [3.8, 4) is 0 Å². The number of fused-ring (bicyclic) bond motifs is 5. The highest BCUT2D eigenvalue weighted by atomic mass is 16.4. The molecule has 3 aliphatic rings. The van der Waals surface area contributed by atoms with Crippen LogP contribution in [0.2, 0.25) is 0 Å². The van der Waals surface area contributed by atoms with E-state index in [0.717, 1.165) is 11.3 Å². The summed E-state index contributed by atoms with van der Waals surface area (Å²) in [5, 5.41) is 9.37. The number of carbonyl (C=O) groups excluding carboxylic acids is 2. The zero-order chi connectivity index (χ0) is 14.6. The third kappa shape index (κ3) is 1.72. The molecule has 2 fully saturated rings. The van der Waals surface area contributed by atoms with Gasteiger partial charge in [-0.1, -0.05) is 26.0 Å². The predicted molar refractivity (Wildman–Crippen MR) is 70.4 cm³/mol. The highest BCUT2D eigenvalue weighted by Gasteiger charge is 2.61. The molecule has 0 aromatic heterocycles. The molecule has 0 unspecified atom stereocenters. The number of hydrogen-bond donors (Lipinski definition) is 1. The van der Waals surface area contributed by atoms with E-state index in [2.05, 4.69) is 0 Å². The van der Waals surface area contributed by atoms with Crippen molar-refractivity contribution in [1.29, 1.82) is 0 Å². The SMILES string of the molecule is CC(C)C[C@H](C(=O)O)N1C(=O)[C@@H]2[C@H](C1=O)[C@H]1C=C[C@H]2C1. The molecule has 20 heavy (non-hydrogen) atoms. The maximum absolute atomic E-state index is 12.5. The minimum atomic E-state index is -1.08. The molecule has 1 saturated carbocycles. The smallest absolute Gasteiger partial charge is 0.326 e. The van der Waals surface area contributed by atoms with Gasteiger partial charge < -0.3 is 5.11 Å². The monoisotopic (exact) mass is 277 g/mol. The Morgan fingerprint density at radius 3 is 2.15 bits per heavy atom. The Labute approximate surface area is 117 Å². The zero-order valence-corrected chi connectivity index (χ0v) is 11.7. The fourth-order valence-electron chi connectivity index (χ4n) is 4.00. The van der Waals surface area contributed by atoms with Crippen LogP contribution in [0.1, 0.15) is 26.7 Å². The van der Waals surface area contributed by atoms with Gasteiger partial charge in [-0.05, 0) is 30.6 Å². The van der Waals surface area contributed by atoms with Gasteiger partial charge in [-0.3, -0.25) is 14.5 Å². The summed E-state index contributed by atoms with van der Waals surface area (Å²) >= 11 is 0. The molecule has 5 nitrogen and oxygen atoms in total. The maximum atomic E-state index is 12.5. The molecule has 0 aromatic carbocycles. The first-order chi connectivity index (χ1) is 9.41. The number of carboxylic acids is 1. The summed E-state index contributed by atoms with van der Waals surface area (Å²) in [5.41, 5.74) is 0. The molecule has 1 N–H and O–H groups in total. The molecule has 2 amide bonds. The van der Waals surface area contributed by atoms with Gasteiger partial charge in [0.15, 0.2) is 0 Å². The van der Waals surface area contributed by atoms with Crippen LogP contribution in [0.5, 0.6) is 0 Å². The van der Waals surface area contributed by atoms with Gasteiger partial charge in [0.25, 0.3) is 0 Å². The molecule has 1 heterocycles. The molecule has 5 heteroatoms. The Balaban J connectivity index is 1.90. The second kappa shape index (κ2) is 4.43. The topological polar surface area (TPSA) is 74.7 Å². The average molecular weight is 277 g/mol. The molecule has 5 atom stereocenters. The summed E-state index contributed by atoms with van der Waals surface area (Å²) in [6.07, 6.45) is 5.20. The van der Waals surface area contributed by atoms with E-state index in [0.29, 0.717) is 6.42 Å². The molecule has 3 rings (SSSR count). The lowest BCUT2D eigenvalue weighted by molar-refractivity contribution is -0.156. The van der Waals surface area contributed by atoms with Crippen LogP contribution in [0.3, 0.4) is 0 Å². The summed E-state index contributed by atoms with van der Waals surface area (Å²) in [4.78, 5) is 37.5. The van der Waals surface area contributed by atoms with Crippen LogP contribution in [0, 0.1) is 29.6 Å². The van der Waals surface area contributed by atoms with Crippen LogP contribution in [-0.4, -0.2) is 33.8 Å². The van der Waals surface area contributed by atoms with Crippen molar-refractivity contribution in [1.82, 2.24) is 4.90 Å². The highest BCUT2D eigenvalue weighted by molar-refractivity contribution is 6.08. The van der Waals surface area contributed by atoms with Crippen LogP contribution >= 0.6 is 0 Å². The van der Waals surface area contributed by atoms with Crippen molar-refractivity contribution in [3.05, 3.63) is 12.2 Å². The van der Waals surface area contributed by atoms with Crippen LogP contribution in [0.25, 0.3) is 0 Å². The Morgan fingerprint density at radius 1 is 1.25 bits per heavy atom. The lowest BCUT2D eigenvalue weighted by Gasteiger charge is -2.25. The zero-order valence-electron chi connectivity index (χ0n) is 11.7. The van der Waals surface area contributed by atoms with Gasteiger partial charge in [-0.2, -0.15) is 0 Å². The summed E-state index contributed by atoms with van der Waals surface area (Å²) in [5.74, 6) is -1.89. The van der Waals surface area contributed by atoms with Crippen LogP contribution < -0.4 is 0 Å². The van der Waals surface area contributed by atoms with E-state index in [4.69, 9.17) is 0 Å². The highest BCUT2D eigenvalue weighted by Crippen LogP contribution is 2.53. The van der Waals surface area contributed by atoms with E-state index in [1.807, 2.05) is 26.0 Å². The van der Waals surface area contributed by atoms with Crippen LogP contribution in [0.4, 0.5) is 0 Å². The Hall–Kier alpha value is -1.65. The van der Waals surface area contributed by atoms with E-state index in [1.54, 1.807) is 0 Å². The lowest BCUT2D eigenvalue weighted by atomic mass is 9.85. The van der Waals surface area contributed by atoms with E-state index in [1.165, 1.54) is 0 Å². The predicted octanol–water partition coefficient (Wildman–Crippen LogP) is 1.29. The standard InChI is InChI=1S/C15H19NO4/c1-7(2)5-10(15(19)20)16-13(17)11-8-3-4-9(6-8)12(11)14(16)18/h3-4,7-12H,5-6H2,1-2H3,(H,19,20)/t8-,9-,10+,11-,12+/m0/s1. The normalized spacial score (nSPS) is 36.0. The number of nitrogens with zero attached hydrogens (tertiary/aromatic N) is 1. The first-order valence-corrected chi connectivity index (χ1v) is 7.20. The molecule has 108 valence electrons. The average Bonchev–Trinajstić information content (AvgIpc) is 3.01.